The van der Waals surface area contributed by atoms with Gasteiger partial charge in [0.1, 0.15) is 0 Å². The van der Waals surface area contributed by atoms with Gasteiger partial charge in [-0.05, 0) is 75.5 Å². The molecule has 4 atom stereocenters. The minimum Gasteiger partial charge on any atom is -0.390 e. The van der Waals surface area contributed by atoms with E-state index < -0.39 is 11.2 Å². The minimum absolute atomic E-state index is 0.156. The van der Waals surface area contributed by atoms with Crippen molar-refractivity contribution in [2.24, 2.45) is 22.7 Å². The summed E-state index contributed by atoms with van der Waals surface area (Å²) in [4.78, 5) is 0. The largest absolute Gasteiger partial charge is 0.390 e. The third-order valence-electron chi connectivity index (χ3n) is 6.47. The third-order valence-corrected chi connectivity index (χ3v) is 6.47. The van der Waals surface area contributed by atoms with Crippen molar-refractivity contribution in [2.45, 2.75) is 91.3 Å². The topological polar surface area (TPSA) is 40.5 Å². The van der Waals surface area contributed by atoms with Crippen LogP contribution in [0.1, 0.15) is 80.1 Å². The van der Waals surface area contributed by atoms with Crippen LogP contribution < -0.4 is 0 Å². The number of hydrogen-bond acceptors (Lipinski definition) is 2. The highest BCUT2D eigenvalue weighted by molar-refractivity contribution is 5.08. The summed E-state index contributed by atoms with van der Waals surface area (Å²) in [6.45, 7) is 12.9. The molecule has 0 aliphatic heterocycles. The van der Waals surface area contributed by atoms with Gasteiger partial charge in [-0.25, -0.2) is 0 Å². The molecule has 0 saturated heterocycles. The van der Waals surface area contributed by atoms with E-state index in [1.807, 2.05) is 20.8 Å². The maximum Gasteiger partial charge on any atom is 0.0654 e. The van der Waals surface area contributed by atoms with E-state index in [1.165, 1.54) is 19.3 Å². The monoisotopic (exact) mass is 282 g/mol. The van der Waals surface area contributed by atoms with Gasteiger partial charge < -0.3 is 10.2 Å². The molecule has 0 radical (unpaired) electrons. The normalized spacial score (nSPS) is 45.0. The molecule has 118 valence electrons. The van der Waals surface area contributed by atoms with E-state index in [1.54, 1.807) is 0 Å². The second-order valence-electron chi connectivity index (χ2n) is 9.37. The van der Waals surface area contributed by atoms with Gasteiger partial charge >= 0.3 is 0 Å². The number of fused-ring (bicyclic) bond motifs is 1. The van der Waals surface area contributed by atoms with Crippen LogP contribution in [0.25, 0.3) is 0 Å². The standard InChI is InChI=1S/C18H34O2/c1-15(2)9-7-10-17(5)13(15)8-11-18(6,20)14(17)12-16(3,4)19/h13-14,19-20H,7-12H2,1-6H3/t13?,14-,17+,18-/m1/s1. The molecule has 0 bridgehead atoms. The molecule has 2 fully saturated rings. The molecule has 2 N–H and O–H groups in total. The molecule has 20 heavy (non-hydrogen) atoms. The molecule has 0 heterocycles. The van der Waals surface area contributed by atoms with E-state index in [4.69, 9.17) is 0 Å². The molecule has 0 aromatic heterocycles. The van der Waals surface area contributed by atoms with Crippen molar-refractivity contribution < 1.29 is 10.2 Å². The number of rotatable bonds is 2. The lowest BCUT2D eigenvalue weighted by atomic mass is 9.44. The predicted molar refractivity (Wildman–Crippen MR) is 83.5 cm³/mol. The van der Waals surface area contributed by atoms with E-state index in [0.29, 0.717) is 17.8 Å². The minimum atomic E-state index is -0.707. The van der Waals surface area contributed by atoms with E-state index in [-0.39, 0.29) is 11.3 Å². The van der Waals surface area contributed by atoms with Crippen LogP contribution in [0, 0.1) is 22.7 Å². The number of hydrogen-bond donors (Lipinski definition) is 2. The first kappa shape index (κ1) is 16.3. The molecule has 2 heteroatoms. The molecule has 2 rings (SSSR count). The van der Waals surface area contributed by atoms with Gasteiger partial charge in [0.05, 0.1) is 11.2 Å². The van der Waals surface area contributed by atoms with Crippen LogP contribution in [0.5, 0.6) is 0 Å². The summed E-state index contributed by atoms with van der Waals surface area (Å²) in [6, 6.07) is 0. The van der Waals surface area contributed by atoms with E-state index in [0.717, 1.165) is 12.8 Å². The van der Waals surface area contributed by atoms with Crippen molar-refractivity contribution in [3.63, 3.8) is 0 Å². The Balaban J connectivity index is 2.38. The summed E-state index contributed by atoms with van der Waals surface area (Å²) in [7, 11) is 0. The van der Waals surface area contributed by atoms with Gasteiger partial charge in [0.25, 0.3) is 0 Å². The lowest BCUT2D eigenvalue weighted by Gasteiger charge is -2.62. The number of aliphatic hydroxyl groups is 2. The van der Waals surface area contributed by atoms with Crippen molar-refractivity contribution in [1.29, 1.82) is 0 Å². The molecule has 2 saturated carbocycles. The molecular formula is C18H34O2. The maximum absolute atomic E-state index is 11.0. The summed E-state index contributed by atoms with van der Waals surface area (Å²) in [5.74, 6) is 0.852. The average molecular weight is 282 g/mol. The Morgan fingerprint density at radius 3 is 2.20 bits per heavy atom. The van der Waals surface area contributed by atoms with E-state index in [2.05, 4.69) is 20.8 Å². The van der Waals surface area contributed by atoms with Crippen LogP contribution in [0.15, 0.2) is 0 Å². The smallest absolute Gasteiger partial charge is 0.0654 e. The fraction of sp³-hybridized carbons (Fsp3) is 1.00. The Labute approximate surface area is 125 Å². The molecule has 1 unspecified atom stereocenters. The van der Waals surface area contributed by atoms with Crippen LogP contribution in [0.3, 0.4) is 0 Å². The van der Waals surface area contributed by atoms with Crippen molar-refractivity contribution in [1.82, 2.24) is 0 Å². The van der Waals surface area contributed by atoms with Crippen molar-refractivity contribution in [3.05, 3.63) is 0 Å². The highest BCUT2D eigenvalue weighted by Gasteiger charge is 2.58. The molecule has 2 aliphatic rings. The van der Waals surface area contributed by atoms with Crippen molar-refractivity contribution >= 4 is 0 Å². The molecular weight excluding hydrogens is 248 g/mol. The lowest BCUT2D eigenvalue weighted by Crippen LogP contribution is -2.58. The second-order valence-corrected chi connectivity index (χ2v) is 9.37. The molecule has 0 aromatic rings. The van der Waals surface area contributed by atoms with Crippen LogP contribution in [0.4, 0.5) is 0 Å². The first-order valence-electron chi connectivity index (χ1n) is 8.33. The fourth-order valence-electron chi connectivity index (χ4n) is 5.58. The molecule has 0 amide bonds. The van der Waals surface area contributed by atoms with Crippen molar-refractivity contribution in [2.75, 3.05) is 0 Å². The van der Waals surface area contributed by atoms with Crippen molar-refractivity contribution in [3.8, 4) is 0 Å². The Kier molecular flexibility index (Phi) is 3.84. The van der Waals surface area contributed by atoms with Gasteiger partial charge in [-0.2, -0.15) is 0 Å². The Hall–Kier alpha value is -0.0800. The van der Waals surface area contributed by atoms with Gasteiger partial charge in [0, 0.05) is 0 Å². The Bertz CT molecular complexity index is 364. The summed E-state index contributed by atoms with van der Waals surface area (Å²) in [6.07, 6.45) is 6.43. The van der Waals surface area contributed by atoms with Gasteiger partial charge in [-0.1, -0.05) is 27.2 Å². The predicted octanol–water partition coefficient (Wildman–Crippen LogP) is 4.14. The zero-order valence-corrected chi connectivity index (χ0v) is 14.3. The summed E-state index contributed by atoms with van der Waals surface area (Å²) >= 11 is 0. The SMILES string of the molecule is CC(C)(O)C[C@@H]1[C@@]2(C)CCCC(C)(C)C2CC[C@@]1(C)O. The van der Waals surface area contributed by atoms with E-state index >= 15 is 0 Å². The fourth-order valence-corrected chi connectivity index (χ4v) is 5.58. The van der Waals surface area contributed by atoms with E-state index in [9.17, 15) is 10.2 Å². The molecule has 0 aromatic carbocycles. The first-order chi connectivity index (χ1) is 8.89. The second kappa shape index (κ2) is 4.71. The Morgan fingerprint density at radius 1 is 1.05 bits per heavy atom. The Morgan fingerprint density at radius 2 is 1.65 bits per heavy atom. The van der Waals surface area contributed by atoms with Gasteiger partial charge in [0.15, 0.2) is 0 Å². The molecule has 2 aliphatic carbocycles. The quantitative estimate of drug-likeness (QED) is 0.799. The molecule has 2 nitrogen and oxygen atoms in total. The lowest BCUT2D eigenvalue weighted by molar-refractivity contribution is -0.183. The zero-order chi connectivity index (χ0) is 15.4. The van der Waals surface area contributed by atoms with Crippen LogP contribution in [-0.4, -0.2) is 21.4 Å². The maximum atomic E-state index is 11.0. The van der Waals surface area contributed by atoms with Gasteiger partial charge in [-0.15, -0.1) is 0 Å². The summed E-state index contributed by atoms with van der Waals surface area (Å²) < 4.78 is 0. The highest BCUT2D eigenvalue weighted by atomic mass is 16.3. The highest BCUT2D eigenvalue weighted by Crippen LogP contribution is 2.63. The molecule has 0 spiro atoms. The van der Waals surface area contributed by atoms with Crippen LogP contribution in [0.2, 0.25) is 0 Å². The third kappa shape index (κ3) is 2.78. The first-order valence-corrected chi connectivity index (χ1v) is 8.33. The van der Waals surface area contributed by atoms with Crippen LogP contribution >= 0.6 is 0 Å². The summed E-state index contributed by atoms with van der Waals surface area (Å²) in [5.41, 5.74) is -0.829. The zero-order valence-electron chi connectivity index (χ0n) is 14.3. The average Bonchev–Trinajstić information content (AvgIpc) is 2.21. The summed E-state index contributed by atoms with van der Waals surface area (Å²) in [5, 5.41) is 21.3. The van der Waals surface area contributed by atoms with Gasteiger partial charge in [-0.3, -0.25) is 0 Å². The van der Waals surface area contributed by atoms with Gasteiger partial charge in [0.2, 0.25) is 0 Å². The van der Waals surface area contributed by atoms with Crippen LogP contribution in [-0.2, 0) is 0 Å².